The molecule has 0 saturated heterocycles. The van der Waals surface area contributed by atoms with Gasteiger partial charge in [-0.1, -0.05) is 50.1 Å². The van der Waals surface area contributed by atoms with Gasteiger partial charge in [0.15, 0.2) is 5.78 Å². The molecule has 0 saturated carbocycles. The van der Waals surface area contributed by atoms with Gasteiger partial charge in [0.05, 0.1) is 5.38 Å². The molecule has 0 amide bonds. The molecule has 76 valence electrons. The normalized spacial score (nSPS) is 12.4. The highest BCUT2D eigenvalue weighted by Gasteiger charge is 2.15. The maximum atomic E-state index is 11.7. The summed E-state index contributed by atoms with van der Waals surface area (Å²) in [5.74, 6) is 0.0423. The summed E-state index contributed by atoms with van der Waals surface area (Å²) in [5.41, 5.74) is 0.712. The predicted molar refractivity (Wildman–Crippen MR) is 59.9 cm³/mol. The van der Waals surface area contributed by atoms with E-state index in [1.54, 1.807) is 0 Å². The van der Waals surface area contributed by atoms with Gasteiger partial charge in [-0.2, -0.15) is 0 Å². The van der Waals surface area contributed by atoms with E-state index in [0.29, 0.717) is 5.56 Å². The van der Waals surface area contributed by atoms with E-state index in [1.807, 2.05) is 30.3 Å². The van der Waals surface area contributed by atoms with Crippen LogP contribution in [0.3, 0.4) is 0 Å². The maximum absolute atomic E-state index is 11.7. The van der Waals surface area contributed by atoms with Crippen molar-refractivity contribution in [2.45, 2.75) is 31.6 Å². The molecule has 0 fully saturated rings. The lowest BCUT2D eigenvalue weighted by atomic mass is 10.0. The molecule has 0 aliphatic heterocycles. The third-order valence-corrected chi connectivity index (χ3v) is 2.57. The van der Waals surface area contributed by atoms with Crippen molar-refractivity contribution in [1.29, 1.82) is 0 Å². The van der Waals surface area contributed by atoms with E-state index in [4.69, 9.17) is 11.6 Å². The van der Waals surface area contributed by atoms with Crippen LogP contribution in [0.15, 0.2) is 30.3 Å². The number of carbonyl (C=O) groups excluding carboxylic acids is 1. The van der Waals surface area contributed by atoms with Crippen molar-refractivity contribution in [2.75, 3.05) is 0 Å². The van der Waals surface area contributed by atoms with Crippen LogP contribution in [0, 0.1) is 0 Å². The average molecular weight is 211 g/mol. The number of Topliss-reactive ketones (excluding diaryl/α,β-unsaturated/α-hetero) is 1. The lowest BCUT2D eigenvalue weighted by Gasteiger charge is -2.07. The number of benzene rings is 1. The third-order valence-electron chi connectivity index (χ3n) is 2.15. The fourth-order valence-electron chi connectivity index (χ4n) is 1.30. The third kappa shape index (κ3) is 3.15. The quantitative estimate of drug-likeness (QED) is 0.536. The zero-order chi connectivity index (χ0) is 10.4. The number of hydrogen-bond donors (Lipinski definition) is 0. The Balaban J connectivity index is 2.57. The molecular weight excluding hydrogens is 196 g/mol. The first-order valence-corrected chi connectivity index (χ1v) is 5.42. The first kappa shape index (κ1) is 11.3. The van der Waals surface area contributed by atoms with Crippen LogP contribution >= 0.6 is 11.6 Å². The van der Waals surface area contributed by atoms with Crippen molar-refractivity contribution in [3.8, 4) is 0 Å². The van der Waals surface area contributed by atoms with Crippen molar-refractivity contribution in [1.82, 2.24) is 0 Å². The molecule has 0 bridgehead atoms. The Hall–Kier alpha value is -0.820. The Morgan fingerprint density at radius 3 is 2.57 bits per heavy atom. The first-order valence-electron chi connectivity index (χ1n) is 4.99. The molecule has 2 heteroatoms. The van der Waals surface area contributed by atoms with Gasteiger partial charge in [0.25, 0.3) is 0 Å². The van der Waals surface area contributed by atoms with Crippen molar-refractivity contribution >= 4 is 17.4 Å². The second-order valence-corrected chi connectivity index (χ2v) is 3.87. The topological polar surface area (TPSA) is 17.1 Å². The van der Waals surface area contributed by atoms with E-state index in [-0.39, 0.29) is 11.2 Å². The molecule has 0 spiro atoms. The summed E-state index contributed by atoms with van der Waals surface area (Å²) in [6.07, 6.45) is 2.85. The number of unbranched alkanes of at least 4 members (excludes halogenated alkanes) is 1. The molecule has 0 aromatic heterocycles. The number of ketones is 1. The SMILES string of the molecule is CCCCC(Cl)C(=O)c1ccccc1. The Bertz CT molecular complexity index is 282. The summed E-state index contributed by atoms with van der Waals surface area (Å²) in [5, 5.41) is -0.364. The summed E-state index contributed by atoms with van der Waals surface area (Å²) in [4.78, 5) is 11.7. The van der Waals surface area contributed by atoms with Crippen LogP contribution in [0.4, 0.5) is 0 Å². The summed E-state index contributed by atoms with van der Waals surface area (Å²) in [6.45, 7) is 2.09. The van der Waals surface area contributed by atoms with Crippen molar-refractivity contribution < 1.29 is 4.79 Å². The largest absolute Gasteiger partial charge is 0.293 e. The summed E-state index contributed by atoms with van der Waals surface area (Å²) in [6, 6.07) is 9.23. The zero-order valence-corrected chi connectivity index (χ0v) is 9.13. The van der Waals surface area contributed by atoms with Gasteiger partial charge < -0.3 is 0 Å². The van der Waals surface area contributed by atoms with Gasteiger partial charge in [-0.3, -0.25) is 4.79 Å². The number of halogens is 1. The van der Waals surface area contributed by atoms with Crippen LogP contribution in [0.5, 0.6) is 0 Å². The molecule has 1 atom stereocenters. The second kappa shape index (κ2) is 5.82. The Morgan fingerprint density at radius 2 is 2.00 bits per heavy atom. The zero-order valence-electron chi connectivity index (χ0n) is 8.37. The molecule has 0 radical (unpaired) electrons. The predicted octanol–water partition coefficient (Wildman–Crippen LogP) is 3.67. The van der Waals surface area contributed by atoms with Crippen LogP contribution in [0.2, 0.25) is 0 Å². The van der Waals surface area contributed by atoms with E-state index in [0.717, 1.165) is 19.3 Å². The molecule has 1 aromatic rings. The number of rotatable bonds is 5. The summed E-state index contributed by atoms with van der Waals surface area (Å²) in [7, 11) is 0. The van der Waals surface area contributed by atoms with E-state index in [1.165, 1.54) is 0 Å². The van der Waals surface area contributed by atoms with Gasteiger partial charge in [-0.15, -0.1) is 11.6 Å². The van der Waals surface area contributed by atoms with E-state index in [9.17, 15) is 4.79 Å². The summed E-state index contributed by atoms with van der Waals surface area (Å²) >= 11 is 6.00. The Labute approximate surface area is 90.1 Å². The van der Waals surface area contributed by atoms with Gasteiger partial charge in [-0.05, 0) is 6.42 Å². The van der Waals surface area contributed by atoms with Gasteiger partial charge in [-0.25, -0.2) is 0 Å². The molecule has 0 aliphatic rings. The lowest BCUT2D eigenvalue weighted by molar-refractivity contribution is 0.0983. The highest BCUT2D eigenvalue weighted by Crippen LogP contribution is 2.14. The number of hydrogen-bond acceptors (Lipinski definition) is 1. The maximum Gasteiger partial charge on any atom is 0.180 e. The van der Waals surface area contributed by atoms with Crippen molar-refractivity contribution in [2.24, 2.45) is 0 Å². The fraction of sp³-hybridized carbons (Fsp3) is 0.417. The standard InChI is InChI=1S/C12H15ClO/c1-2-3-9-11(13)12(14)10-7-5-4-6-8-10/h4-8,11H,2-3,9H2,1H3. The molecule has 0 aliphatic carbocycles. The molecule has 1 nitrogen and oxygen atoms in total. The monoisotopic (exact) mass is 210 g/mol. The Morgan fingerprint density at radius 1 is 1.36 bits per heavy atom. The highest BCUT2D eigenvalue weighted by atomic mass is 35.5. The highest BCUT2D eigenvalue weighted by molar-refractivity contribution is 6.33. The van der Waals surface area contributed by atoms with Crippen LogP contribution < -0.4 is 0 Å². The van der Waals surface area contributed by atoms with Crippen molar-refractivity contribution in [3.05, 3.63) is 35.9 Å². The summed E-state index contributed by atoms with van der Waals surface area (Å²) < 4.78 is 0. The fourth-order valence-corrected chi connectivity index (χ4v) is 1.58. The van der Waals surface area contributed by atoms with Gasteiger partial charge in [0, 0.05) is 5.56 Å². The minimum absolute atomic E-state index is 0.0423. The average Bonchev–Trinajstić information content (AvgIpc) is 2.26. The molecule has 0 N–H and O–H groups in total. The van der Waals surface area contributed by atoms with Crippen LogP contribution in [-0.2, 0) is 0 Å². The lowest BCUT2D eigenvalue weighted by Crippen LogP contribution is -2.14. The second-order valence-electron chi connectivity index (χ2n) is 3.34. The first-order chi connectivity index (χ1) is 6.75. The van der Waals surface area contributed by atoms with E-state index < -0.39 is 0 Å². The van der Waals surface area contributed by atoms with Gasteiger partial charge in [0.1, 0.15) is 0 Å². The number of carbonyl (C=O) groups is 1. The minimum Gasteiger partial charge on any atom is -0.293 e. The van der Waals surface area contributed by atoms with Crippen molar-refractivity contribution in [3.63, 3.8) is 0 Å². The molecule has 1 rings (SSSR count). The van der Waals surface area contributed by atoms with Crippen LogP contribution in [0.25, 0.3) is 0 Å². The molecule has 1 unspecified atom stereocenters. The molecule has 1 aromatic carbocycles. The van der Waals surface area contributed by atoms with Gasteiger partial charge >= 0.3 is 0 Å². The smallest absolute Gasteiger partial charge is 0.180 e. The van der Waals surface area contributed by atoms with Gasteiger partial charge in [0.2, 0.25) is 0 Å². The molecule has 0 heterocycles. The molecule has 14 heavy (non-hydrogen) atoms. The molecular formula is C12H15ClO. The van der Waals surface area contributed by atoms with Crippen LogP contribution in [0.1, 0.15) is 36.5 Å². The van der Waals surface area contributed by atoms with E-state index >= 15 is 0 Å². The Kier molecular flexibility index (Phi) is 4.68. The van der Waals surface area contributed by atoms with E-state index in [2.05, 4.69) is 6.92 Å². The minimum atomic E-state index is -0.364. The number of alkyl halides is 1. The van der Waals surface area contributed by atoms with Crippen LogP contribution in [-0.4, -0.2) is 11.2 Å².